The molecule has 1 N–H and O–H groups in total. The fourth-order valence-electron chi connectivity index (χ4n) is 2.82. The van der Waals surface area contributed by atoms with Crippen LogP contribution in [0.15, 0.2) is 48.5 Å². The van der Waals surface area contributed by atoms with Crippen molar-refractivity contribution >= 4 is 46.5 Å². The Morgan fingerprint density at radius 2 is 1.85 bits per heavy atom. The molecule has 1 aromatic heterocycles. The SMILES string of the molecule is [CH2-]CC[CH-]CCCNC(=O)c1cccc2cc3ccccc3nc12.[Cl][Pt+2][Cl]. The Kier molecular flexibility index (Phi) is 10.1. The minimum atomic E-state index is -0.472. The van der Waals surface area contributed by atoms with E-state index in [1.807, 2.05) is 42.5 Å². The van der Waals surface area contributed by atoms with Crippen molar-refractivity contribution in [2.75, 3.05) is 6.54 Å². The molecule has 146 valence electrons. The Labute approximate surface area is 177 Å². The maximum atomic E-state index is 12.5. The second-order valence-corrected chi connectivity index (χ2v) is 9.22. The van der Waals surface area contributed by atoms with Gasteiger partial charge in [0.2, 0.25) is 0 Å². The average Bonchev–Trinajstić information content (AvgIpc) is 2.69. The van der Waals surface area contributed by atoms with Crippen molar-refractivity contribution < 1.29 is 21.3 Å². The van der Waals surface area contributed by atoms with Crippen LogP contribution in [0.1, 0.15) is 36.0 Å². The number of pyridine rings is 1. The number of aromatic nitrogens is 1. The second kappa shape index (κ2) is 12.3. The molecule has 0 saturated heterocycles. The third-order valence-electron chi connectivity index (χ3n) is 4.07. The molecule has 0 aliphatic carbocycles. The number of hydrogen-bond acceptors (Lipinski definition) is 2. The van der Waals surface area contributed by atoms with Gasteiger partial charge in [0.05, 0.1) is 16.6 Å². The van der Waals surface area contributed by atoms with Crippen LogP contribution in [0.25, 0.3) is 21.8 Å². The molecule has 2 aromatic carbocycles. The van der Waals surface area contributed by atoms with Crippen molar-refractivity contribution in [3.05, 3.63) is 67.4 Å². The number of benzene rings is 2. The molecule has 1 amide bonds. The molecule has 0 bridgehead atoms. The summed E-state index contributed by atoms with van der Waals surface area (Å²) in [4.78, 5) is 17.2. The molecule has 0 aliphatic heterocycles. The maximum absolute atomic E-state index is 12.5. The van der Waals surface area contributed by atoms with Gasteiger partial charge in [-0.15, -0.1) is 0 Å². The van der Waals surface area contributed by atoms with Crippen LogP contribution in [-0.2, 0) is 16.5 Å². The van der Waals surface area contributed by atoms with Gasteiger partial charge in [-0.1, -0.05) is 36.8 Å². The van der Waals surface area contributed by atoms with Crippen LogP contribution in [0, 0.1) is 13.3 Å². The molecule has 6 heteroatoms. The van der Waals surface area contributed by atoms with Crippen LogP contribution in [-0.4, -0.2) is 17.4 Å². The number of nitrogens with one attached hydrogen (secondary N) is 1. The summed E-state index contributed by atoms with van der Waals surface area (Å²) < 4.78 is 0. The molecule has 0 saturated carbocycles. The van der Waals surface area contributed by atoms with E-state index >= 15 is 0 Å². The monoisotopic (exact) mass is 583 g/mol. The van der Waals surface area contributed by atoms with Gasteiger partial charge in [-0.25, -0.2) is 17.8 Å². The first-order valence-corrected chi connectivity index (χ1v) is 14.3. The minimum absolute atomic E-state index is 0.0551. The van der Waals surface area contributed by atoms with Gasteiger partial charge < -0.3 is 18.7 Å². The van der Waals surface area contributed by atoms with E-state index in [1.54, 1.807) is 0 Å². The van der Waals surface area contributed by atoms with E-state index in [1.165, 1.54) is 0 Å². The van der Waals surface area contributed by atoms with Crippen molar-refractivity contribution in [2.24, 2.45) is 0 Å². The van der Waals surface area contributed by atoms with Gasteiger partial charge in [0.15, 0.2) is 0 Å². The number of para-hydroxylation sites is 2. The zero-order chi connectivity index (χ0) is 19.5. The molecule has 1 heterocycles. The number of carbonyl (C=O) groups is 1. The Morgan fingerprint density at radius 1 is 1.11 bits per heavy atom. The van der Waals surface area contributed by atoms with Gasteiger partial charge in [-0.3, -0.25) is 4.79 Å². The summed E-state index contributed by atoms with van der Waals surface area (Å²) in [6.07, 6.45) is 6.15. The van der Waals surface area contributed by atoms with Crippen molar-refractivity contribution in [3.8, 4) is 0 Å². The number of nitrogens with zero attached hydrogens (tertiary/aromatic N) is 1. The molecular weight excluding hydrogens is 562 g/mol. The number of halogens is 2. The molecule has 0 atom stereocenters. The molecule has 3 rings (SSSR count). The number of carbonyl (C=O) groups excluding carboxylic acids is 1. The zero-order valence-electron chi connectivity index (χ0n) is 14.9. The molecule has 0 aliphatic rings. The first-order chi connectivity index (χ1) is 13.2. The predicted octanol–water partition coefficient (Wildman–Crippen LogP) is 6.09. The first kappa shape index (κ1) is 22.1. The summed E-state index contributed by atoms with van der Waals surface area (Å²) >= 11 is -0.472. The van der Waals surface area contributed by atoms with E-state index < -0.39 is 16.5 Å². The van der Waals surface area contributed by atoms with Crippen LogP contribution in [0.3, 0.4) is 0 Å². The molecule has 0 radical (unpaired) electrons. The summed E-state index contributed by atoms with van der Waals surface area (Å²) in [5, 5.41) is 5.08. The summed E-state index contributed by atoms with van der Waals surface area (Å²) in [7, 11) is 9.75. The number of rotatable bonds is 7. The molecular formula is C21H22Cl2N2OPt. The van der Waals surface area contributed by atoms with E-state index in [0.717, 1.165) is 47.5 Å². The van der Waals surface area contributed by atoms with Crippen molar-refractivity contribution in [2.45, 2.75) is 25.7 Å². The van der Waals surface area contributed by atoms with Crippen LogP contribution >= 0.6 is 18.8 Å². The van der Waals surface area contributed by atoms with Crippen LogP contribution in [0.2, 0.25) is 0 Å². The number of unbranched alkanes of at least 4 members (excludes halogenated alkanes) is 4. The third kappa shape index (κ3) is 6.75. The van der Waals surface area contributed by atoms with Crippen LogP contribution in [0.4, 0.5) is 0 Å². The van der Waals surface area contributed by atoms with Crippen molar-refractivity contribution in [1.82, 2.24) is 10.3 Å². The summed E-state index contributed by atoms with van der Waals surface area (Å²) in [5.41, 5.74) is 2.31. The van der Waals surface area contributed by atoms with E-state index in [4.69, 9.17) is 23.8 Å². The average molecular weight is 584 g/mol. The standard InChI is InChI=1S/C21H22N2O.2ClH.Pt/c1-2-3-4-5-8-14-22-21(24)18-12-9-11-17-15-16-10-6-7-13-19(16)23-20(17)18;;;/h4,6-7,9-13,15H,1-3,5,8,14H2,(H,22,24);2*1H;/q-2;;;+4/p-2. The van der Waals surface area contributed by atoms with E-state index in [2.05, 4.69) is 24.7 Å². The molecule has 3 aromatic rings. The molecule has 3 nitrogen and oxygen atoms in total. The van der Waals surface area contributed by atoms with Crippen LogP contribution in [0.5, 0.6) is 0 Å². The molecule has 0 fully saturated rings. The van der Waals surface area contributed by atoms with E-state index in [0.29, 0.717) is 12.1 Å². The van der Waals surface area contributed by atoms with Gasteiger partial charge in [0, 0.05) is 17.3 Å². The summed E-state index contributed by atoms with van der Waals surface area (Å²) in [6.45, 7) is 4.49. The number of hydrogen-bond donors (Lipinski definition) is 1. The predicted molar refractivity (Wildman–Crippen MR) is 111 cm³/mol. The second-order valence-electron chi connectivity index (χ2n) is 5.93. The Balaban J connectivity index is 0.000000817. The fraction of sp³-hybridized carbons (Fsp3) is 0.238. The Morgan fingerprint density at radius 3 is 2.63 bits per heavy atom. The van der Waals surface area contributed by atoms with Gasteiger partial charge >= 0.3 is 35.3 Å². The summed E-state index contributed by atoms with van der Waals surface area (Å²) in [5.74, 6) is -0.0551. The normalized spacial score (nSPS) is 10.6. The van der Waals surface area contributed by atoms with Crippen LogP contribution < -0.4 is 5.32 Å². The molecule has 27 heavy (non-hydrogen) atoms. The topological polar surface area (TPSA) is 42.0 Å². The molecule has 0 spiro atoms. The Hall–Kier alpha value is -1.15. The van der Waals surface area contributed by atoms with E-state index in [9.17, 15) is 4.79 Å². The summed E-state index contributed by atoms with van der Waals surface area (Å²) in [6, 6.07) is 15.8. The third-order valence-corrected chi connectivity index (χ3v) is 4.07. The number of fused-ring (bicyclic) bond motifs is 2. The quantitative estimate of drug-likeness (QED) is 0.208. The van der Waals surface area contributed by atoms with Gasteiger partial charge in [-0.2, -0.15) is 6.42 Å². The first-order valence-electron chi connectivity index (χ1n) is 8.71. The van der Waals surface area contributed by atoms with Crippen molar-refractivity contribution in [1.29, 1.82) is 0 Å². The number of amides is 1. The zero-order valence-corrected chi connectivity index (χ0v) is 18.7. The fourth-order valence-corrected chi connectivity index (χ4v) is 2.82. The van der Waals surface area contributed by atoms with E-state index in [-0.39, 0.29) is 5.91 Å². The van der Waals surface area contributed by atoms with Gasteiger partial charge in [0.25, 0.3) is 5.91 Å². The molecule has 0 unspecified atom stereocenters. The van der Waals surface area contributed by atoms with Gasteiger partial charge in [-0.05, 0) is 18.2 Å². The van der Waals surface area contributed by atoms with Gasteiger partial charge in [0.1, 0.15) is 0 Å². The van der Waals surface area contributed by atoms with Crippen molar-refractivity contribution in [3.63, 3.8) is 0 Å². The Bertz CT molecular complexity index is 873.